The van der Waals surface area contributed by atoms with Crippen molar-refractivity contribution in [2.45, 2.75) is 0 Å². The van der Waals surface area contributed by atoms with Crippen LogP contribution < -0.4 is 0 Å². The first-order valence-electron chi connectivity index (χ1n) is 5.28. The normalized spacial score (nSPS) is 11.0. The van der Waals surface area contributed by atoms with Gasteiger partial charge in [0.1, 0.15) is 0 Å². The van der Waals surface area contributed by atoms with Gasteiger partial charge in [0.05, 0.1) is 5.71 Å². The molecule has 2 rings (SSSR count). The van der Waals surface area contributed by atoms with Gasteiger partial charge in [0.2, 0.25) is 0 Å². The summed E-state index contributed by atoms with van der Waals surface area (Å²) < 4.78 is 0. The molecular formula is C13H11N5. The molecule has 0 atom stereocenters. The largest absolute Gasteiger partial charge is 0.297 e. The summed E-state index contributed by atoms with van der Waals surface area (Å²) in [6.07, 6.45) is 9.67. The Hall–Kier alpha value is -2.69. The third-order valence-electron chi connectivity index (χ3n) is 2.15. The van der Waals surface area contributed by atoms with Crippen molar-refractivity contribution in [3.05, 3.63) is 67.3 Å². The molecule has 0 saturated heterocycles. The van der Waals surface area contributed by atoms with Crippen LogP contribution in [0.15, 0.2) is 55.7 Å². The topological polar surface area (TPSA) is 75.4 Å². The summed E-state index contributed by atoms with van der Waals surface area (Å²) in [7, 11) is 0. The molecule has 0 unspecified atom stereocenters. The molecule has 0 aliphatic heterocycles. The number of hydrogen-bond acceptors (Lipinski definition) is 5. The fraction of sp³-hybridized carbons (Fsp3) is 0. The number of nitrogens with one attached hydrogen (secondary N) is 1. The quantitative estimate of drug-likeness (QED) is 0.651. The Morgan fingerprint density at radius 1 is 0.944 bits per heavy atom. The molecule has 0 saturated carbocycles. The van der Waals surface area contributed by atoms with Crippen molar-refractivity contribution in [2.75, 3.05) is 0 Å². The molecule has 5 heteroatoms. The van der Waals surface area contributed by atoms with Crippen LogP contribution in [0.3, 0.4) is 0 Å². The second kappa shape index (κ2) is 5.58. The third-order valence-corrected chi connectivity index (χ3v) is 2.15. The molecule has 18 heavy (non-hydrogen) atoms. The van der Waals surface area contributed by atoms with Crippen LogP contribution in [0.1, 0.15) is 11.6 Å². The molecule has 2 aromatic rings. The van der Waals surface area contributed by atoms with Gasteiger partial charge in [-0.15, -0.1) is 0 Å². The Bertz CT molecular complexity index is 575. The molecule has 1 N–H and O–H groups in total. The van der Waals surface area contributed by atoms with E-state index in [0.29, 0.717) is 17.2 Å². The molecule has 0 radical (unpaired) electrons. The molecular weight excluding hydrogens is 226 g/mol. The second-order valence-electron chi connectivity index (χ2n) is 3.36. The van der Waals surface area contributed by atoms with Crippen LogP contribution in [0, 0.1) is 5.41 Å². The lowest BCUT2D eigenvalue weighted by molar-refractivity contribution is 1.12. The third kappa shape index (κ3) is 2.70. The highest BCUT2D eigenvalue weighted by atomic mass is 14.9. The second-order valence-corrected chi connectivity index (χ2v) is 3.36. The lowest BCUT2D eigenvalue weighted by Gasteiger charge is -2.00. The van der Waals surface area contributed by atoms with Gasteiger partial charge in [-0.05, 0) is 18.2 Å². The van der Waals surface area contributed by atoms with Gasteiger partial charge < -0.3 is 0 Å². The first-order valence-corrected chi connectivity index (χ1v) is 5.28. The number of nitrogens with zero attached hydrogens (tertiary/aromatic N) is 4. The van der Waals surface area contributed by atoms with E-state index in [-0.39, 0.29) is 5.71 Å². The minimum atomic E-state index is 0.193. The molecule has 0 fully saturated rings. The van der Waals surface area contributed by atoms with Gasteiger partial charge in [0.15, 0.2) is 11.6 Å². The van der Waals surface area contributed by atoms with Crippen molar-refractivity contribution in [1.29, 1.82) is 5.41 Å². The van der Waals surface area contributed by atoms with Gasteiger partial charge >= 0.3 is 0 Å². The van der Waals surface area contributed by atoms with Crippen molar-refractivity contribution in [2.24, 2.45) is 0 Å². The number of allylic oxidation sites excluding steroid dienone is 3. The van der Waals surface area contributed by atoms with E-state index in [1.807, 2.05) is 0 Å². The van der Waals surface area contributed by atoms with Gasteiger partial charge in [-0.1, -0.05) is 12.7 Å². The van der Waals surface area contributed by atoms with Gasteiger partial charge in [0, 0.05) is 30.4 Å². The maximum absolute atomic E-state index is 7.91. The summed E-state index contributed by atoms with van der Waals surface area (Å²) >= 11 is 0. The van der Waals surface area contributed by atoms with E-state index in [9.17, 15) is 0 Å². The lowest BCUT2D eigenvalue weighted by Crippen LogP contribution is -2.03. The zero-order chi connectivity index (χ0) is 12.8. The average molecular weight is 237 g/mol. The minimum Gasteiger partial charge on any atom is -0.297 e. The zero-order valence-corrected chi connectivity index (χ0v) is 9.61. The van der Waals surface area contributed by atoms with E-state index in [1.165, 1.54) is 0 Å². The Kier molecular flexibility index (Phi) is 3.66. The highest BCUT2D eigenvalue weighted by Gasteiger charge is 2.05. The van der Waals surface area contributed by atoms with E-state index in [0.717, 1.165) is 0 Å². The summed E-state index contributed by atoms with van der Waals surface area (Å²) in [5.41, 5.74) is 0.853. The van der Waals surface area contributed by atoms with Crippen molar-refractivity contribution >= 4 is 11.3 Å². The fourth-order valence-corrected chi connectivity index (χ4v) is 1.32. The SMILES string of the molecule is C=C/C(=C\C(=N)c1ncccn1)c1ncccn1. The van der Waals surface area contributed by atoms with Crippen LogP contribution in [0.5, 0.6) is 0 Å². The van der Waals surface area contributed by atoms with E-state index in [1.54, 1.807) is 49.1 Å². The Morgan fingerprint density at radius 3 is 1.94 bits per heavy atom. The van der Waals surface area contributed by atoms with Crippen LogP contribution in [0.25, 0.3) is 5.57 Å². The highest BCUT2D eigenvalue weighted by Crippen LogP contribution is 2.10. The smallest absolute Gasteiger partial charge is 0.177 e. The van der Waals surface area contributed by atoms with Crippen molar-refractivity contribution in [3.8, 4) is 0 Å². The summed E-state index contributed by atoms with van der Waals surface area (Å²) in [6.45, 7) is 3.70. The van der Waals surface area contributed by atoms with Crippen LogP contribution >= 0.6 is 0 Å². The molecule has 0 spiro atoms. The van der Waals surface area contributed by atoms with Crippen LogP contribution in [-0.4, -0.2) is 25.6 Å². The maximum atomic E-state index is 7.91. The number of aromatic nitrogens is 4. The lowest BCUT2D eigenvalue weighted by atomic mass is 10.1. The first kappa shape index (κ1) is 11.8. The molecule has 0 bridgehead atoms. The van der Waals surface area contributed by atoms with E-state index < -0.39 is 0 Å². The van der Waals surface area contributed by atoms with E-state index in [2.05, 4.69) is 26.5 Å². The molecule has 0 aliphatic carbocycles. The molecule has 5 nitrogen and oxygen atoms in total. The van der Waals surface area contributed by atoms with Crippen molar-refractivity contribution in [3.63, 3.8) is 0 Å². The van der Waals surface area contributed by atoms with Gasteiger partial charge in [0.25, 0.3) is 0 Å². The molecule has 0 aromatic carbocycles. The van der Waals surface area contributed by atoms with Gasteiger partial charge in [-0.25, -0.2) is 19.9 Å². The maximum Gasteiger partial charge on any atom is 0.177 e. The summed E-state index contributed by atoms with van der Waals surface area (Å²) in [5, 5.41) is 7.91. The predicted octanol–water partition coefficient (Wildman–Crippen LogP) is 1.90. The van der Waals surface area contributed by atoms with Crippen LogP contribution in [-0.2, 0) is 0 Å². The standard InChI is InChI=1S/C13H11N5/c1-2-10(12-15-5-3-6-16-12)9-11(14)13-17-7-4-8-18-13/h2-9,14H,1H2/b10-9+,14-11?. The van der Waals surface area contributed by atoms with Crippen molar-refractivity contribution < 1.29 is 0 Å². The molecule has 0 amide bonds. The summed E-state index contributed by atoms with van der Waals surface area (Å²) in [4.78, 5) is 16.2. The molecule has 2 aromatic heterocycles. The van der Waals surface area contributed by atoms with E-state index >= 15 is 0 Å². The van der Waals surface area contributed by atoms with Crippen LogP contribution in [0.2, 0.25) is 0 Å². The predicted molar refractivity (Wildman–Crippen MR) is 69.1 cm³/mol. The fourth-order valence-electron chi connectivity index (χ4n) is 1.32. The monoisotopic (exact) mass is 237 g/mol. The number of hydrogen-bond donors (Lipinski definition) is 1. The highest BCUT2D eigenvalue weighted by molar-refractivity contribution is 6.08. The average Bonchev–Trinajstić information content (AvgIpc) is 2.46. The zero-order valence-electron chi connectivity index (χ0n) is 9.61. The molecule has 0 aliphatic rings. The van der Waals surface area contributed by atoms with Gasteiger partial charge in [-0.2, -0.15) is 0 Å². The Morgan fingerprint density at radius 2 is 1.44 bits per heavy atom. The molecule has 88 valence electrons. The minimum absolute atomic E-state index is 0.193. The Balaban J connectivity index is 2.32. The van der Waals surface area contributed by atoms with Crippen molar-refractivity contribution in [1.82, 2.24) is 19.9 Å². The van der Waals surface area contributed by atoms with Crippen LogP contribution in [0.4, 0.5) is 0 Å². The summed E-state index contributed by atoms with van der Waals surface area (Å²) in [6, 6.07) is 3.44. The Labute approximate surface area is 104 Å². The van der Waals surface area contributed by atoms with E-state index in [4.69, 9.17) is 5.41 Å². The number of rotatable bonds is 4. The summed E-state index contributed by atoms with van der Waals surface area (Å²) in [5.74, 6) is 0.876. The van der Waals surface area contributed by atoms with Gasteiger partial charge in [-0.3, -0.25) is 5.41 Å². The first-order chi connectivity index (χ1) is 8.81. The molecule has 2 heterocycles.